The lowest BCUT2D eigenvalue weighted by Crippen LogP contribution is -2.45. The quantitative estimate of drug-likeness (QED) is 0.616. The molecule has 1 N–H and O–H groups in total. The highest BCUT2D eigenvalue weighted by Gasteiger charge is 2.38. The molecular formula is C6H16O4Si. The molecule has 0 amide bonds. The second-order valence-electron chi connectivity index (χ2n) is 2.35. The predicted octanol–water partition coefficient (Wildman–Crippen LogP) is 0.245. The van der Waals surface area contributed by atoms with Gasteiger partial charge in [-0.2, -0.15) is 0 Å². The lowest BCUT2D eigenvalue weighted by molar-refractivity contribution is 0.102. The third-order valence-corrected chi connectivity index (χ3v) is 4.44. The highest BCUT2D eigenvalue weighted by molar-refractivity contribution is 6.60. The first kappa shape index (κ1) is 11.1. The van der Waals surface area contributed by atoms with E-state index in [1.165, 1.54) is 21.3 Å². The van der Waals surface area contributed by atoms with E-state index in [1.807, 2.05) is 0 Å². The minimum atomic E-state index is -2.53. The summed E-state index contributed by atoms with van der Waals surface area (Å²) in [5.41, 5.74) is 0. The standard InChI is InChI=1S/C6H16O4Si/c1-6(7)5-11(8-2,9-3)10-4/h6-7H,5H2,1-4H3. The fourth-order valence-corrected chi connectivity index (χ4v) is 2.59. The molecule has 0 heterocycles. The van der Waals surface area contributed by atoms with Gasteiger partial charge in [0.25, 0.3) is 0 Å². The first-order chi connectivity index (χ1) is 5.10. The Labute approximate surface area is 68.4 Å². The Bertz CT molecular complexity index is 94.5. The summed E-state index contributed by atoms with van der Waals surface area (Å²) in [6, 6.07) is 0.427. The Balaban J connectivity index is 4.05. The van der Waals surface area contributed by atoms with Gasteiger partial charge in [-0.1, -0.05) is 0 Å². The van der Waals surface area contributed by atoms with Crippen molar-refractivity contribution in [3.8, 4) is 0 Å². The van der Waals surface area contributed by atoms with Crippen LogP contribution in [0.1, 0.15) is 6.92 Å². The van der Waals surface area contributed by atoms with Crippen LogP contribution in [-0.2, 0) is 13.3 Å². The average molecular weight is 180 g/mol. The van der Waals surface area contributed by atoms with Gasteiger partial charge in [0.2, 0.25) is 0 Å². The van der Waals surface area contributed by atoms with Gasteiger partial charge >= 0.3 is 8.80 Å². The van der Waals surface area contributed by atoms with E-state index in [2.05, 4.69) is 0 Å². The van der Waals surface area contributed by atoms with Crippen molar-refractivity contribution in [2.24, 2.45) is 0 Å². The molecule has 0 aromatic heterocycles. The summed E-state index contributed by atoms with van der Waals surface area (Å²) >= 11 is 0. The summed E-state index contributed by atoms with van der Waals surface area (Å²) in [7, 11) is 2.06. The van der Waals surface area contributed by atoms with Gasteiger partial charge in [-0.25, -0.2) is 0 Å². The molecule has 0 aliphatic heterocycles. The molecule has 5 heteroatoms. The van der Waals surface area contributed by atoms with Crippen molar-refractivity contribution in [2.45, 2.75) is 19.1 Å². The monoisotopic (exact) mass is 180 g/mol. The molecule has 68 valence electrons. The lowest BCUT2D eigenvalue weighted by Gasteiger charge is -2.25. The van der Waals surface area contributed by atoms with Crippen LogP contribution in [0.5, 0.6) is 0 Å². The molecule has 0 spiro atoms. The van der Waals surface area contributed by atoms with Gasteiger partial charge in [-0.05, 0) is 6.92 Å². The zero-order valence-electron chi connectivity index (χ0n) is 7.46. The van der Waals surface area contributed by atoms with Crippen LogP contribution in [0.4, 0.5) is 0 Å². The third-order valence-electron chi connectivity index (χ3n) is 1.48. The number of rotatable bonds is 5. The van der Waals surface area contributed by atoms with Crippen LogP contribution in [0.25, 0.3) is 0 Å². The van der Waals surface area contributed by atoms with Gasteiger partial charge in [-0.15, -0.1) is 0 Å². The van der Waals surface area contributed by atoms with E-state index in [-0.39, 0.29) is 0 Å². The van der Waals surface area contributed by atoms with E-state index in [1.54, 1.807) is 6.92 Å². The normalized spacial score (nSPS) is 15.0. The van der Waals surface area contributed by atoms with E-state index >= 15 is 0 Å². The number of aliphatic hydroxyl groups is 1. The van der Waals surface area contributed by atoms with Gasteiger partial charge in [-0.3, -0.25) is 0 Å². The smallest absolute Gasteiger partial charge is 0.393 e. The second kappa shape index (κ2) is 4.84. The minimum Gasteiger partial charge on any atom is -0.393 e. The van der Waals surface area contributed by atoms with Crippen LogP contribution in [0.2, 0.25) is 6.04 Å². The fraction of sp³-hybridized carbons (Fsp3) is 1.00. The van der Waals surface area contributed by atoms with Gasteiger partial charge in [0.05, 0.1) is 6.10 Å². The maximum atomic E-state index is 9.08. The Kier molecular flexibility index (Phi) is 4.86. The zero-order valence-corrected chi connectivity index (χ0v) is 8.46. The molecule has 0 saturated heterocycles. The summed E-state index contributed by atoms with van der Waals surface area (Å²) in [5.74, 6) is 0. The first-order valence-electron chi connectivity index (χ1n) is 3.43. The summed E-state index contributed by atoms with van der Waals surface area (Å²) < 4.78 is 15.2. The molecule has 0 aromatic carbocycles. The maximum Gasteiger partial charge on any atom is 0.502 e. The molecule has 1 unspecified atom stereocenters. The van der Waals surface area contributed by atoms with Crippen molar-refractivity contribution in [2.75, 3.05) is 21.3 Å². The van der Waals surface area contributed by atoms with Crippen molar-refractivity contribution >= 4 is 8.80 Å². The number of aliphatic hydroxyl groups excluding tert-OH is 1. The van der Waals surface area contributed by atoms with Crippen LogP contribution in [0, 0.1) is 0 Å². The Morgan fingerprint density at radius 2 is 1.55 bits per heavy atom. The van der Waals surface area contributed by atoms with E-state index in [0.29, 0.717) is 6.04 Å². The van der Waals surface area contributed by atoms with Crippen LogP contribution in [0.3, 0.4) is 0 Å². The zero-order chi connectivity index (χ0) is 8.91. The van der Waals surface area contributed by atoms with Crippen molar-refractivity contribution in [3.63, 3.8) is 0 Å². The lowest BCUT2D eigenvalue weighted by atomic mass is 10.5. The number of hydrogen-bond donors (Lipinski definition) is 1. The average Bonchev–Trinajstić information content (AvgIpc) is 2.00. The molecule has 0 aromatic rings. The molecule has 4 nitrogen and oxygen atoms in total. The maximum absolute atomic E-state index is 9.08. The fourth-order valence-electron chi connectivity index (χ4n) is 0.862. The Morgan fingerprint density at radius 3 is 1.64 bits per heavy atom. The van der Waals surface area contributed by atoms with Gasteiger partial charge in [0.1, 0.15) is 0 Å². The predicted molar refractivity (Wildman–Crippen MR) is 43.3 cm³/mol. The van der Waals surface area contributed by atoms with E-state index < -0.39 is 14.9 Å². The van der Waals surface area contributed by atoms with Crippen molar-refractivity contribution in [3.05, 3.63) is 0 Å². The third kappa shape index (κ3) is 3.30. The van der Waals surface area contributed by atoms with Crippen molar-refractivity contribution in [1.29, 1.82) is 0 Å². The van der Waals surface area contributed by atoms with Gasteiger partial charge in [0.15, 0.2) is 0 Å². The molecule has 0 rings (SSSR count). The second-order valence-corrected chi connectivity index (χ2v) is 5.35. The summed E-state index contributed by atoms with van der Waals surface area (Å²) in [4.78, 5) is 0. The highest BCUT2D eigenvalue weighted by Crippen LogP contribution is 2.14. The summed E-state index contributed by atoms with van der Waals surface area (Å²) in [5, 5.41) is 9.08. The summed E-state index contributed by atoms with van der Waals surface area (Å²) in [6.07, 6.45) is -0.457. The summed E-state index contributed by atoms with van der Waals surface area (Å²) in [6.45, 7) is 1.68. The van der Waals surface area contributed by atoms with E-state index in [0.717, 1.165) is 0 Å². The van der Waals surface area contributed by atoms with E-state index in [9.17, 15) is 0 Å². The first-order valence-corrected chi connectivity index (χ1v) is 5.37. The Hall–Kier alpha value is 0.0569. The van der Waals surface area contributed by atoms with E-state index in [4.69, 9.17) is 18.4 Å². The largest absolute Gasteiger partial charge is 0.502 e. The van der Waals surface area contributed by atoms with Gasteiger partial charge in [0, 0.05) is 27.4 Å². The molecule has 0 aliphatic rings. The highest BCUT2D eigenvalue weighted by atomic mass is 28.4. The van der Waals surface area contributed by atoms with Crippen molar-refractivity contribution < 1.29 is 18.4 Å². The topological polar surface area (TPSA) is 47.9 Å². The minimum absolute atomic E-state index is 0.427. The van der Waals surface area contributed by atoms with Crippen LogP contribution in [0.15, 0.2) is 0 Å². The van der Waals surface area contributed by atoms with Crippen molar-refractivity contribution in [1.82, 2.24) is 0 Å². The molecule has 0 saturated carbocycles. The van der Waals surface area contributed by atoms with Crippen LogP contribution < -0.4 is 0 Å². The molecule has 0 radical (unpaired) electrons. The molecule has 11 heavy (non-hydrogen) atoms. The molecule has 0 aliphatic carbocycles. The molecular weight excluding hydrogens is 164 g/mol. The van der Waals surface area contributed by atoms with Crippen LogP contribution in [-0.4, -0.2) is 41.3 Å². The molecule has 0 fully saturated rings. The molecule has 0 bridgehead atoms. The Morgan fingerprint density at radius 1 is 1.18 bits per heavy atom. The SMILES string of the molecule is CO[Si](CC(C)O)(OC)OC. The van der Waals surface area contributed by atoms with Crippen LogP contribution >= 0.6 is 0 Å². The molecule has 1 atom stereocenters. The van der Waals surface area contributed by atoms with Gasteiger partial charge < -0.3 is 18.4 Å². The number of hydrogen-bond acceptors (Lipinski definition) is 4.